The van der Waals surface area contributed by atoms with E-state index in [0.717, 1.165) is 38.8 Å². The number of carbonyl (C=O) groups excluding carboxylic acids is 2. The summed E-state index contributed by atoms with van der Waals surface area (Å²) < 4.78 is 5.44. The number of urea groups is 1. The number of nitrogens with one attached hydrogen (secondary N) is 2. The topological polar surface area (TPSA) is 73.9 Å². The monoisotopic (exact) mass is 340 g/mol. The Hall–Kier alpha value is -1.50. The smallest absolute Gasteiger partial charge is 0.410 e. The van der Waals surface area contributed by atoms with E-state index in [9.17, 15) is 9.59 Å². The van der Waals surface area contributed by atoms with Crippen molar-refractivity contribution in [2.45, 2.75) is 64.1 Å². The summed E-state index contributed by atoms with van der Waals surface area (Å²) in [5.41, 5.74) is -0.497. The van der Waals surface area contributed by atoms with E-state index in [2.05, 4.69) is 22.6 Å². The molecule has 2 saturated heterocycles. The molecule has 0 aromatic carbocycles. The molecule has 0 radical (unpaired) electrons. The first-order valence-electron chi connectivity index (χ1n) is 8.97. The molecule has 24 heavy (non-hydrogen) atoms. The molecule has 0 bridgehead atoms. The molecule has 0 saturated carbocycles. The minimum Gasteiger partial charge on any atom is -0.444 e. The van der Waals surface area contributed by atoms with E-state index >= 15 is 0 Å². The number of hydrogen-bond acceptors (Lipinski definition) is 4. The van der Waals surface area contributed by atoms with E-state index in [1.54, 1.807) is 4.90 Å². The van der Waals surface area contributed by atoms with Crippen LogP contribution in [0.2, 0.25) is 0 Å². The van der Waals surface area contributed by atoms with Crippen LogP contribution in [0, 0.1) is 0 Å². The van der Waals surface area contributed by atoms with Crippen LogP contribution in [0.5, 0.6) is 0 Å². The SMILES string of the molecule is CN1CCC(NC(=O)NC[C@H]2CCCN2C(=O)OC(C)(C)C)CC1. The Kier molecular flexibility index (Phi) is 6.32. The second kappa shape index (κ2) is 8.05. The number of likely N-dealkylation sites (tertiary alicyclic amines) is 2. The first-order chi connectivity index (χ1) is 11.2. The Morgan fingerprint density at radius 3 is 2.42 bits per heavy atom. The van der Waals surface area contributed by atoms with E-state index in [1.165, 1.54) is 0 Å². The van der Waals surface area contributed by atoms with Gasteiger partial charge in [0, 0.05) is 19.1 Å². The zero-order valence-corrected chi connectivity index (χ0v) is 15.4. The predicted molar refractivity (Wildman–Crippen MR) is 93.0 cm³/mol. The lowest BCUT2D eigenvalue weighted by atomic mass is 10.1. The summed E-state index contributed by atoms with van der Waals surface area (Å²) in [6, 6.07) is 0.121. The average Bonchev–Trinajstić information content (AvgIpc) is 2.94. The van der Waals surface area contributed by atoms with Gasteiger partial charge >= 0.3 is 12.1 Å². The summed E-state index contributed by atoms with van der Waals surface area (Å²) in [6.07, 6.45) is 3.52. The van der Waals surface area contributed by atoms with Crippen LogP contribution in [-0.4, -0.2) is 72.8 Å². The van der Waals surface area contributed by atoms with Gasteiger partial charge in [-0.05, 0) is 66.6 Å². The number of rotatable bonds is 3. The van der Waals surface area contributed by atoms with Gasteiger partial charge in [-0.3, -0.25) is 0 Å². The molecule has 7 nitrogen and oxygen atoms in total. The molecule has 0 unspecified atom stereocenters. The molecule has 7 heteroatoms. The van der Waals surface area contributed by atoms with Crippen LogP contribution < -0.4 is 10.6 Å². The zero-order valence-electron chi connectivity index (χ0n) is 15.4. The molecule has 1 atom stereocenters. The Bertz CT molecular complexity index is 442. The quantitative estimate of drug-likeness (QED) is 0.821. The predicted octanol–water partition coefficient (Wildman–Crippen LogP) is 1.78. The highest BCUT2D eigenvalue weighted by atomic mass is 16.6. The average molecular weight is 340 g/mol. The van der Waals surface area contributed by atoms with Gasteiger partial charge in [0.2, 0.25) is 0 Å². The first kappa shape index (κ1) is 18.8. The highest BCUT2D eigenvalue weighted by Gasteiger charge is 2.32. The molecule has 2 rings (SSSR count). The van der Waals surface area contributed by atoms with Crippen LogP contribution >= 0.6 is 0 Å². The molecule has 2 N–H and O–H groups in total. The van der Waals surface area contributed by atoms with E-state index in [4.69, 9.17) is 4.74 Å². The van der Waals surface area contributed by atoms with Gasteiger partial charge in [0.1, 0.15) is 5.60 Å². The van der Waals surface area contributed by atoms with Crippen LogP contribution in [0.15, 0.2) is 0 Å². The minimum absolute atomic E-state index is 0.0167. The van der Waals surface area contributed by atoms with Crippen molar-refractivity contribution < 1.29 is 14.3 Å². The van der Waals surface area contributed by atoms with Crippen LogP contribution in [0.25, 0.3) is 0 Å². The van der Waals surface area contributed by atoms with Gasteiger partial charge in [-0.1, -0.05) is 0 Å². The van der Waals surface area contributed by atoms with Crippen molar-refractivity contribution in [2.75, 3.05) is 33.2 Å². The van der Waals surface area contributed by atoms with Gasteiger partial charge in [-0.15, -0.1) is 0 Å². The maximum Gasteiger partial charge on any atom is 0.410 e. The van der Waals surface area contributed by atoms with Crippen molar-refractivity contribution in [1.82, 2.24) is 20.4 Å². The number of piperidine rings is 1. The lowest BCUT2D eigenvalue weighted by Gasteiger charge is -2.30. The van der Waals surface area contributed by atoms with Gasteiger partial charge in [0.25, 0.3) is 0 Å². The largest absolute Gasteiger partial charge is 0.444 e. The Morgan fingerprint density at radius 2 is 1.79 bits per heavy atom. The minimum atomic E-state index is -0.497. The summed E-state index contributed by atoms with van der Waals surface area (Å²) in [5.74, 6) is 0. The second-order valence-corrected chi connectivity index (χ2v) is 7.90. The molecule has 2 fully saturated rings. The van der Waals surface area contributed by atoms with E-state index in [1.807, 2.05) is 20.8 Å². The summed E-state index contributed by atoms with van der Waals surface area (Å²) in [7, 11) is 2.10. The number of nitrogens with zero attached hydrogens (tertiary/aromatic N) is 2. The molecular weight excluding hydrogens is 308 g/mol. The first-order valence-corrected chi connectivity index (χ1v) is 8.97. The summed E-state index contributed by atoms with van der Waals surface area (Å²) in [4.78, 5) is 28.3. The molecule has 2 aliphatic rings. The molecule has 3 amide bonds. The van der Waals surface area contributed by atoms with Crippen LogP contribution in [0.3, 0.4) is 0 Å². The van der Waals surface area contributed by atoms with Crippen molar-refractivity contribution in [3.8, 4) is 0 Å². The van der Waals surface area contributed by atoms with Crippen molar-refractivity contribution in [2.24, 2.45) is 0 Å². The Balaban J connectivity index is 1.74. The maximum absolute atomic E-state index is 12.2. The number of carbonyl (C=O) groups is 2. The third-order valence-corrected chi connectivity index (χ3v) is 4.56. The van der Waals surface area contributed by atoms with Crippen LogP contribution in [-0.2, 0) is 4.74 Å². The lowest BCUT2D eigenvalue weighted by molar-refractivity contribution is 0.0227. The second-order valence-electron chi connectivity index (χ2n) is 7.90. The third-order valence-electron chi connectivity index (χ3n) is 4.56. The van der Waals surface area contributed by atoms with E-state index in [0.29, 0.717) is 13.1 Å². The molecule has 2 heterocycles. The third kappa shape index (κ3) is 5.85. The van der Waals surface area contributed by atoms with Crippen LogP contribution in [0.1, 0.15) is 46.5 Å². The summed E-state index contributed by atoms with van der Waals surface area (Å²) in [5, 5.41) is 5.95. The molecule has 0 aliphatic carbocycles. The highest BCUT2D eigenvalue weighted by molar-refractivity contribution is 5.74. The van der Waals surface area contributed by atoms with E-state index in [-0.39, 0.29) is 24.2 Å². The molecule has 0 spiro atoms. The van der Waals surface area contributed by atoms with Gasteiger partial charge in [-0.25, -0.2) is 9.59 Å². The maximum atomic E-state index is 12.2. The van der Waals surface area contributed by atoms with E-state index < -0.39 is 5.60 Å². The zero-order chi connectivity index (χ0) is 17.7. The lowest BCUT2D eigenvalue weighted by Crippen LogP contribution is -2.50. The van der Waals surface area contributed by atoms with Gasteiger partial charge in [0.05, 0.1) is 6.04 Å². The van der Waals surface area contributed by atoms with Crippen molar-refractivity contribution in [3.05, 3.63) is 0 Å². The molecule has 0 aromatic rings. The number of hydrogen-bond donors (Lipinski definition) is 2. The van der Waals surface area contributed by atoms with Crippen molar-refractivity contribution in [1.29, 1.82) is 0 Å². The molecule has 0 aromatic heterocycles. The van der Waals surface area contributed by atoms with Gasteiger partial charge in [0.15, 0.2) is 0 Å². The molecule has 2 aliphatic heterocycles. The highest BCUT2D eigenvalue weighted by Crippen LogP contribution is 2.20. The fourth-order valence-corrected chi connectivity index (χ4v) is 3.21. The Morgan fingerprint density at radius 1 is 1.12 bits per heavy atom. The van der Waals surface area contributed by atoms with Crippen LogP contribution in [0.4, 0.5) is 9.59 Å². The fourth-order valence-electron chi connectivity index (χ4n) is 3.21. The van der Waals surface area contributed by atoms with Gasteiger partial charge in [-0.2, -0.15) is 0 Å². The normalized spacial score (nSPS) is 23.2. The van der Waals surface area contributed by atoms with Crippen molar-refractivity contribution in [3.63, 3.8) is 0 Å². The summed E-state index contributed by atoms with van der Waals surface area (Å²) in [6.45, 7) is 8.78. The number of ether oxygens (including phenoxy) is 1. The standard InChI is InChI=1S/C17H32N4O3/c1-17(2,3)24-16(23)21-9-5-6-14(21)12-18-15(22)19-13-7-10-20(4)11-8-13/h13-14H,5-12H2,1-4H3,(H2,18,19,22)/t14-/m1/s1. The molecule has 138 valence electrons. The fraction of sp³-hybridized carbons (Fsp3) is 0.882. The van der Waals surface area contributed by atoms with Gasteiger partial charge < -0.3 is 25.2 Å². The Labute approximate surface area is 145 Å². The number of amides is 3. The molecular formula is C17H32N4O3. The van der Waals surface area contributed by atoms with Crippen molar-refractivity contribution >= 4 is 12.1 Å². The summed E-state index contributed by atoms with van der Waals surface area (Å²) >= 11 is 0.